The summed E-state index contributed by atoms with van der Waals surface area (Å²) in [6.07, 6.45) is 0. The number of H-pyrrole nitrogens is 1. The van der Waals surface area contributed by atoms with Gasteiger partial charge in [-0.05, 0) is 36.4 Å². The molecular weight excluding hydrogens is 428 g/mol. The number of aromatic amines is 1. The zero-order valence-electron chi connectivity index (χ0n) is 18.2. The summed E-state index contributed by atoms with van der Waals surface area (Å²) < 4.78 is 22.0. The molecule has 0 aliphatic rings. The molecule has 0 atom stereocenters. The van der Waals surface area contributed by atoms with Crippen LogP contribution >= 0.6 is 11.6 Å². The van der Waals surface area contributed by atoms with E-state index in [-0.39, 0.29) is 0 Å². The van der Waals surface area contributed by atoms with E-state index in [0.717, 1.165) is 22.4 Å². The van der Waals surface area contributed by atoms with Gasteiger partial charge in [-0.25, -0.2) is 4.98 Å². The molecule has 6 nitrogen and oxygen atoms in total. The molecule has 0 bridgehead atoms. The molecule has 0 fully saturated rings. The van der Waals surface area contributed by atoms with Gasteiger partial charge in [0, 0.05) is 28.8 Å². The van der Waals surface area contributed by atoms with Crippen LogP contribution in [0, 0.1) is 0 Å². The molecule has 0 saturated heterocycles. The second kappa shape index (κ2) is 9.24. The average molecular weight is 451 g/mol. The van der Waals surface area contributed by atoms with E-state index >= 15 is 0 Å². The normalized spacial score (nSPS) is 10.7. The highest BCUT2D eigenvalue weighted by Crippen LogP contribution is 2.43. The van der Waals surface area contributed by atoms with Crippen LogP contribution < -0.4 is 18.9 Å². The zero-order chi connectivity index (χ0) is 22.7. The molecule has 0 saturated carbocycles. The van der Waals surface area contributed by atoms with Gasteiger partial charge < -0.3 is 23.9 Å². The largest absolute Gasteiger partial charge is 0.497 e. The Morgan fingerprint density at radius 2 is 1.28 bits per heavy atom. The van der Waals surface area contributed by atoms with Crippen LogP contribution in [0.3, 0.4) is 0 Å². The molecule has 7 heteroatoms. The van der Waals surface area contributed by atoms with Gasteiger partial charge >= 0.3 is 0 Å². The number of benzene rings is 3. The standard InChI is InChI=1S/C25H23ClN2O4/c1-29-15-9-11-18(21(13-15)31-3)23-24(19-12-10-16(30-2)14-22(19)32-4)28-25(27-23)17-7-5-6-8-20(17)26/h5-14H,1-4H3,(H,27,28). The van der Waals surface area contributed by atoms with Crippen molar-refractivity contribution < 1.29 is 18.9 Å². The first-order chi connectivity index (χ1) is 15.6. The Bertz CT molecular complexity index is 1180. The molecule has 1 heterocycles. The third-order valence-corrected chi connectivity index (χ3v) is 5.50. The number of ether oxygens (including phenoxy) is 4. The third-order valence-electron chi connectivity index (χ3n) is 5.17. The predicted octanol–water partition coefficient (Wildman–Crippen LogP) is 6.10. The van der Waals surface area contributed by atoms with Crippen LogP contribution in [0.2, 0.25) is 5.02 Å². The molecule has 4 aromatic rings. The lowest BCUT2D eigenvalue weighted by Crippen LogP contribution is -1.94. The number of rotatable bonds is 7. The number of methoxy groups -OCH3 is 4. The second-order valence-corrected chi connectivity index (χ2v) is 7.33. The Kier molecular flexibility index (Phi) is 6.23. The van der Waals surface area contributed by atoms with Crippen molar-refractivity contribution >= 4 is 11.6 Å². The van der Waals surface area contributed by atoms with Crippen LogP contribution in [0.1, 0.15) is 0 Å². The van der Waals surface area contributed by atoms with Crippen molar-refractivity contribution in [3.05, 3.63) is 65.7 Å². The maximum atomic E-state index is 6.47. The third kappa shape index (κ3) is 3.97. The van der Waals surface area contributed by atoms with Gasteiger partial charge in [-0.2, -0.15) is 0 Å². The van der Waals surface area contributed by atoms with E-state index < -0.39 is 0 Å². The zero-order valence-corrected chi connectivity index (χ0v) is 19.0. The van der Waals surface area contributed by atoms with E-state index in [9.17, 15) is 0 Å². The smallest absolute Gasteiger partial charge is 0.140 e. The lowest BCUT2D eigenvalue weighted by molar-refractivity contribution is 0.394. The first-order valence-electron chi connectivity index (χ1n) is 9.89. The number of imidazole rings is 1. The van der Waals surface area contributed by atoms with Crippen LogP contribution in [0.4, 0.5) is 0 Å². The first kappa shape index (κ1) is 21.6. The molecule has 0 amide bonds. The Morgan fingerprint density at radius 3 is 1.88 bits per heavy atom. The van der Waals surface area contributed by atoms with E-state index in [1.807, 2.05) is 60.7 Å². The topological polar surface area (TPSA) is 65.6 Å². The molecule has 164 valence electrons. The minimum atomic E-state index is 0.600. The van der Waals surface area contributed by atoms with Gasteiger partial charge in [0.1, 0.15) is 34.5 Å². The molecule has 4 rings (SSSR count). The summed E-state index contributed by atoms with van der Waals surface area (Å²) in [6, 6.07) is 18.8. The fourth-order valence-corrected chi connectivity index (χ4v) is 3.77. The van der Waals surface area contributed by atoms with E-state index in [0.29, 0.717) is 39.5 Å². The molecule has 0 spiro atoms. The van der Waals surface area contributed by atoms with Crippen molar-refractivity contribution in [3.63, 3.8) is 0 Å². The van der Waals surface area contributed by atoms with Gasteiger partial charge in [0.2, 0.25) is 0 Å². The summed E-state index contributed by atoms with van der Waals surface area (Å²) in [5.74, 6) is 3.30. The number of aromatic nitrogens is 2. The molecule has 1 aromatic heterocycles. The second-order valence-electron chi connectivity index (χ2n) is 6.92. The van der Waals surface area contributed by atoms with Gasteiger partial charge in [0.15, 0.2) is 0 Å². The maximum absolute atomic E-state index is 6.47. The summed E-state index contributed by atoms with van der Waals surface area (Å²) in [6.45, 7) is 0. The Balaban J connectivity index is 1.99. The summed E-state index contributed by atoms with van der Waals surface area (Å²) in [5, 5.41) is 0.600. The highest BCUT2D eigenvalue weighted by Gasteiger charge is 2.22. The summed E-state index contributed by atoms with van der Waals surface area (Å²) in [7, 11) is 6.48. The van der Waals surface area contributed by atoms with Crippen molar-refractivity contribution in [2.75, 3.05) is 28.4 Å². The van der Waals surface area contributed by atoms with Gasteiger partial charge in [-0.15, -0.1) is 0 Å². The van der Waals surface area contributed by atoms with Crippen LogP contribution in [0.5, 0.6) is 23.0 Å². The van der Waals surface area contributed by atoms with Crippen molar-refractivity contribution in [2.45, 2.75) is 0 Å². The molecule has 0 aliphatic carbocycles. The Hall–Kier alpha value is -3.64. The fourth-order valence-electron chi connectivity index (χ4n) is 3.54. The maximum Gasteiger partial charge on any atom is 0.140 e. The van der Waals surface area contributed by atoms with Crippen molar-refractivity contribution in [3.8, 4) is 56.9 Å². The van der Waals surface area contributed by atoms with Crippen LogP contribution in [-0.2, 0) is 0 Å². The van der Waals surface area contributed by atoms with E-state index in [1.165, 1.54) is 0 Å². The number of hydrogen-bond acceptors (Lipinski definition) is 5. The molecule has 32 heavy (non-hydrogen) atoms. The van der Waals surface area contributed by atoms with Crippen molar-refractivity contribution in [1.29, 1.82) is 0 Å². The van der Waals surface area contributed by atoms with E-state index in [2.05, 4.69) is 4.98 Å². The molecule has 0 aliphatic heterocycles. The van der Waals surface area contributed by atoms with Gasteiger partial charge in [0.05, 0.1) is 39.2 Å². The fraction of sp³-hybridized carbons (Fsp3) is 0.160. The SMILES string of the molecule is COc1ccc(-c2nc(-c3ccccc3Cl)[nH]c2-c2ccc(OC)cc2OC)c(OC)c1. The van der Waals surface area contributed by atoms with Crippen molar-refractivity contribution in [2.24, 2.45) is 0 Å². The quantitative estimate of drug-likeness (QED) is 0.368. The molecule has 0 unspecified atom stereocenters. The van der Waals surface area contributed by atoms with Gasteiger partial charge in [0.25, 0.3) is 0 Å². The highest BCUT2D eigenvalue weighted by molar-refractivity contribution is 6.33. The van der Waals surface area contributed by atoms with Gasteiger partial charge in [-0.3, -0.25) is 0 Å². The summed E-state index contributed by atoms with van der Waals surface area (Å²) in [5.41, 5.74) is 3.88. The number of nitrogens with zero attached hydrogens (tertiary/aromatic N) is 1. The minimum absolute atomic E-state index is 0.600. The predicted molar refractivity (Wildman–Crippen MR) is 126 cm³/mol. The van der Waals surface area contributed by atoms with Crippen LogP contribution in [0.25, 0.3) is 33.9 Å². The van der Waals surface area contributed by atoms with E-state index in [1.54, 1.807) is 28.4 Å². The van der Waals surface area contributed by atoms with Crippen LogP contribution in [-0.4, -0.2) is 38.4 Å². The van der Waals surface area contributed by atoms with Crippen molar-refractivity contribution in [1.82, 2.24) is 9.97 Å². The lowest BCUT2D eigenvalue weighted by atomic mass is 10.0. The van der Waals surface area contributed by atoms with E-state index in [4.69, 9.17) is 35.5 Å². The Labute approximate surface area is 191 Å². The van der Waals surface area contributed by atoms with Gasteiger partial charge in [-0.1, -0.05) is 23.7 Å². The molecule has 3 aromatic carbocycles. The Morgan fingerprint density at radius 1 is 0.688 bits per heavy atom. The average Bonchev–Trinajstić information content (AvgIpc) is 3.28. The first-order valence-corrected chi connectivity index (χ1v) is 10.3. The molecule has 1 N–H and O–H groups in total. The monoisotopic (exact) mass is 450 g/mol. The number of hydrogen-bond donors (Lipinski definition) is 1. The summed E-state index contributed by atoms with van der Waals surface area (Å²) in [4.78, 5) is 8.37. The number of halogens is 1. The van der Waals surface area contributed by atoms with Crippen LogP contribution in [0.15, 0.2) is 60.7 Å². The molecule has 0 radical (unpaired) electrons. The summed E-state index contributed by atoms with van der Waals surface area (Å²) >= 11 is 6.47. The lowest BCUT2D eigenvalue weighted by Gasteiger charge is -2.13. The minimum Gasteiger partial charge on any atom is -0.497 e. The number of nitrogens with one attached hydrogen (secondary N) is 1. The molecular formula is C25H23ClN2O4. The highest BCUT2D eigenvalue weighted by atomic mass is 35.5.